The Labute approximate surface area is 139 Å². The molecule has 0 saturated carbocycles. The fraction of sp³-hybridized carbons (Fsp3) is 0.375. The zero-order valence-electron chi connectivity index (χ0n) is 13.3. The number of nitriles is 1. The third-order valence-electron chi connectivity index (χ3n) is 3.44. The molecule has 2 heterocycles. The largest absolute Gasteiger partial charge is 0.454 e. The van der Waals surface area contributed by atoms with Crippen LogP contribution in [-0.2, 0) is 14.3 Å². The monoisotopic (exact) mass is 330 g/mol. The van der Waals surface area contributed by atoms with Crippen LogP contribution in [0.3, 0.4) is 0 Å². The van der Waals surface area contributed by atoms with Crippen molar-refractivity contribution in [3.63, 3.8) is 0 Å². The molecule has 0 unspecified atom stereocenters. The van der Waals surface area contributed by atoms with Crippen LogP contribution in [0.1, 0.15) is 17.3 Å². The second-order valence-corrected chi connectivity index (χ2v) is 5.17. The molecule has 1 aliphatic heterocycles. The number of carbonyl (C=O) groups excluding carboxylic acids is 2. The van der Waals surface area contributed by atoms with Crippen LogP contribution in [0.4, 0.5) is 5.82 Å². The zero-order valence-corrected chi connectivity index (χ0v) is 13.3. The number of hydrogen-bond donors (Lipinski definition) is 1. The summed E-state index contributed by atoms with van der Waals surface area (Å²) in [6.07, 6.45) is 1.40. The van der Waals surface area contributed by atoms with Crippen LogP contribution in [0, 0.1) is 11.3 Å². The summed E-state index contributed by atoms with van der Waals surface area (Å²) in [5.74, 6) is -0.570. The molecule has 0 radical (unpaired) electrons. The average molecular weight is 330 g/mol. The minimum absolute atomic E-state index is 0.0927. The van der Waals surface area contributed by atoms with Gasteiger partial charge in [-0.25, -0.2) is 9.78 Å². The van der Waals surface area contributed by atoms with E-state index in [9.17, 15) is 9.59 Å². The molecule has 2 N–H and O–H groups in total. The van der Waals surface area contributed by atoms with Gasteiger partial charge in [0.25, 0.3) is 0 Å². The molecule has 1 aliphatic rings. The highest BCUT2D eigenvalue weighted by Gasteiger charge is 2.17. The molecule has 126 valence electrons. The van der Waals surface area contributed by atoms with E-state index in [1.165, 1.54) is 13.1 Å². The molecule has 8 nitrogen and oxygen atoms in total. The summed E-state index contributed by atoms with van der Waals surface area (Å²) < 4.78 is 10.2. The maximum absolute atomic E-state index is 11.9. The Bertz CT molecular complexity index is 681. The van der Waals surface area contributed by atoms with E-state index in [-0.39, 0.29) is 16.8 Å². The fourth-order valence-corrected chi connectivity index (χ4v) is 2.14. The van der Waals surface area contributed by atoms with Gasteiger partial charge in [-0.05, 0) is 19.1 Å². The zero-order chi connectivity index (χ0) is 17.5. The molecule has 1 aromatic heterocycles. The van der Waals surface area contributed by atoms with Crippen molar-refractivity contribution in [2.24, 2.45) is 5.73 Å². The Morgan fingerprint density at radius 1 is 1.42 bits per heavy atom. The van der Waals surface area contributed by atoms with Gasteiger partial charge >= 0.3 is 5.97 Å². The summed E-state index contributed by atoms with van der Waals surface area (Å²) in [5, 5.41) is 8.83. The predicted octanol–water partition coefficient (Wildman–Crippen LogP) is 0.400. The number of allylic oxidation sites excluding steroid dienone is 1. The van der Waals surface area contributed by atoms with Crippen LogP contribution in [0.25, 0.3) is 0 Å². The van der Waals surface area contributed by atoms with Crippen molar-refractivity contribution in [3.05, 3.63) is 35.2 Å². The Balaban J connectivity index is 1.94. The molecule has 1 saturated heterocycles. The van der Waals surface area contributed by atoms with E-state index >= 15 is 0 Å². The van der Waals surface area contributed by atoms with Gasteiger partial charge in [0.1, 0.15) is 17.5 Å². The molecule has 2 rings (SSSR count). The van der Waals surface area contributed by atoms with Crippen molar-refractivity contribution < 1.29 is 19.1 Å². The van der Waals surface area contributed by atoms with Gasteiger partial charge in [-0.15, -0.1) is 0 Å². The molecule has 8 heteroatoms. The highest BCUT2D eigenvalue weighted by molar-refractivity contribution is 6.02. The normalized spacial score (nSPS) is 15.2. The Morgan fingerprint density at radius 2 is 2.12 bits per heavy atom. The quantitative estimate of drug-likeness (QED) is 0.468. The van der Waals surface area contributed by atoms with Gasteiger partial charge in [0.15, 0.2) is 6.61 Å². The second kappa shape index (κ2) is 8.08. The second-order valence-electron chi connectivity index (χ2n) is 5.17. The third-order valence-corrected chi connectivity index (χ3v) is 3.44. The summed E-state index contributed by atoms with van der Waals surface area (Å²) >= 11 is 0. The molecule has 24 heavy (non-hydrogen) atoms. The molecule has 0 spiro atoms. The molecule has 0 amide bonds. The summed E-state index contributed by atoms with van der Waals surface area (Å²) in [7, 11) is 0. The molecular weight excluding hydrogens is 312 g/mol. The number of anilines is 1. The SMILES string of the molecule is C/C(N)=C(/C#N)C(=O)COC(=O)c1ccc(N2CCOCC2)nc1. The van der Waals surface area contributed by atoms with E-state index in [0.717, 1.165) is 18.9 Å². The van der Waals surface area contributed by atoms with Crippen molar-refractivity contribution in [1.82, 2.24) is 4.98 Å². The van der Waals surface area contributed by atoms with E-state index < -0.39 is 18.4 Å². The standard InChI is InChI=1S/C16H18N4O4/c1-11(18)13(8-17)14(21)10-24-16(22)12-2-3-15(19-9-12)20-4-6-23-7-5-20/h2-3,9H,4-7,10,18H2,1H3/b13-11+. The highest BCUT2D eigenvalue weighted by Crippen LogP contribution is 2.13. The van der Waals surface area contributed by atoms with Crippen LogP contribution < -0.4 is 10.6 Å². The molecule has 0 bridgehead atoms. The van der Waals surface area contributed by atoms with E-state index in [4.69, 9.17) is 20.5 Å². The number of hydrogen-bond acceptors (Lipinski definition) is 8. The summed E-state index contributed by atoms with van der Waals surface area (Å²) in [4.78, 5) is 30.0. The molecule has 0 aromatic carbocycles. The van der Waals surface area contributed by atoms with Gasteiger partial charge in [-0.1, -0.05) is 0 Å². The fourth-order valence-electron chi connectivity index (χ4n) is 2.14. The van der Waals surface area contributed by atoms with E-state index in [2.05, 4.69) is 9.88 Å². The van der Waals surface area contributed by atoms with Crippen LogP contribution in [0.2, 0.25) is 0 Å². The molecule has 1 fully saturated rings. The number of esters is 1. The number of nitrogens with zero attached hydrogens (tertiary/aromatic N) is 3. The number of rotatable bonds is 5. The molecule has 0 atom stereocenters. The first-order valence-corrected chi connectivity index (χ1v) is 7.38. The van der Waals surface area contributed by atoms with Gasteiger partial charge in [0, 0.05) is 25.0 Å². The van der Waals surface area contributed by atoms with Crippen LogP contribution in [0.15, 0.2) is 29.6 Å². The number of aromatic nitrogens is 1. The number of Topliss-reactive ketones (excluding diaryl/α,β-unsaturated/α-hetero) is 1. The minimum atomic E-state index is -0.684. The van der Waals surface area contributed by atoms with Crippen LogP contribution in [0.5, 0.6) is 0 Å². The van der Waals surface area contributed by atoms with Gasteiger partial charge in [0.05, 0.1) is 18.8 Å². The first-order chi connectivity index (χ1) is 11.5. The predicted molar refractivity (Wildman–Crippen MR) is 85.1 cm³/mol. The van der Waals surface area contributed by atoms with Crippen molar-refractivity contribution in [2.45, 2.75) is 6.92 Å². The van der Waals surface area contributed by atoms with Gasteiger partial charge in [-0.2, -0.15) is 5.26 Å². The summed E-state index contributed by atoms with van der Waals surface area (Å²) in [6, 6.07) is 4.99. The molecular formula is C16H18N4O4. The number of nitrogens with two attached hydrogens (primary N) is 1. The van der Waals surface area contributed by atoms with Gasteiger partial charge in [0.2, 0.25) is 5.78 Å². The molecule has 0 aliphatic carbocycles. The lowest BCUT2D eigenvalue weighted by atomic mass is 10.1. The van der Waals surface area contributed by atoms with E-state index in [1.54, 1.807) is 18.2 Å². The third kappa shape index (κ3) is 4.30. The Kier molecular flexibility index (Phi) is 5.87. The Hall–Kier alpha value is -2.92. The van der Waals surface area contributed by atoms with E-state index in [0.29, 0.717) is 13.2 Å². The molecule has 1 aromatic rings. The lowest BCUT2D eigenvalue weighted by Crippen LogP contribution is -2.36. The number of ketones is 1. The topological polar surface area (TPSA) is 119 Å². The maximum Gasteiger partial charge on any atom is 0.340 e. The number of ether oxygens (including phenoxy) is 2. The van der Waals surface area contributed by atoms with Gasteiger partial charge < -0.3 is 20.1 Å². The maximum atomic E-state index is 11.9. The number of pyridine rings is 1. The lowest BCUT2D eigenvalue weighted by Gasteiger charge is -2.27. The highest BCUT2D eigenvalue weighted by atomic mass is 16.5. The summed E-state index contributed by atoms with van der Waals surface area (Å²) in [5.41, 5.74) is 5.54. The minimum Gasteiger partial charge on any atom is -0.454 e. The average Bonchev–Trinajstić information content (AvgIpc) is 2.61. The number of carbonyl (C=O) groups is 2. The lowest BCUT2D eigenvalue weighted by molar-refractivity contribution is -0.118. The number of morpholine rings is 1. The smallest absolute Gasteiger partial charge is 0.340 e. The first-order valence-electron chi connectivity index (χ1n) is 7.38. The van der Waals surface area contributed by atoms with Crippen molar-refractivity contribution in [3.8, 4) is 6.07 Å². The van der Waals surface area contributed by atoms with Crippen LogP contribution >= 0.6 is 0 Å². The van der Waals surface area contributed by atoms with Crippen molar-refractivity contribution in [2.75, 3.05) is 37.8 Å². The van der Waals surface area contributed by atoms with Gasteiger partial charge in [-0.3, -0.25) is 4.79 Å². The van der Waals surface area contributed by atoms with Crippen molar-refractivity contribution in [1.29, 1.82) is 5.26 Å². The van der Waals surface area contributed by atoms with Crippen molar-refractivity contribution >= 4 is 17.6 Å². The van der Waals surface area contributed by atoms with E-state index in [1.807, 2.05) is 0 Å². The summed E-state index contributed by atoms with van der Waals surface area (Å²) in [6.45, 7) is 3.67. The van der Waals surface area contributed by atoms with Crippen LogP contribution in [-0.4, -0.2) is 49.6 Å². The Morgan fingerprint density at radius 3 is 2.67 bits per heavy atom. The first kappa shape index (κ1) is 17.4.